The maximum atomic E-state index is 5.75. The Labute approximate surface area is 118 Å². The molecule has 0 radical (unpaired) electrons. The van der Waals surface area contributed by atoms with Gasteiger partial charge in [-0.15, -0.1) is 0 Å². The van der Waals surface area contributed by atoms with Gasteiger partial charge in [0.15, 0.2) is 0 Å². The Bertz CT molecular complexity index is 371. The second-order valence-electron chi connectivity index (χ2n) is 4.35. The molecule has 1 N–H and O–H groups in total. The lowest BCUT2D eigenvalue weighted by molar-refractivity contribution is 0.0920. The second-order valence-corrected chi connectivity index (χ2v) is 5.20. The molecular weight excluding hydrogens is 294 g/mol. The van der Waals surface area contributed by atoms with Crippen LogP contribution in [0.25, 0.3) is 0 Å². The molecule has 0 aliphatic carbocycles. The standard InChI is InChI=1S/C14H22BrNO2/c1-5-16-11(3)13-7-6-12(8-14(13)15)18-10(2)9-17-4/h6-8,10-11,16H,5,9H2,1-4H3. The third-order valence-electron chi connectivity index (χ3n) is 2.69. The van der Waals surface area contributed by atoms with Crippen LogP contribution in [-0.2, 0) is 4.74 Å². The van der Waals surface area contributed by atoms with E-state index >= 15 is 0 Å². The summed E-state index contributed by atoms with van der Waals surface area (Å²) in [4.78, 5) is 0. The summed E-state index contributed by atoms with van der Waals surface area (Å²) in [7, 11) is 1.68. The highest BCUT2D eigenvalue weighted by molar-refractivity contribution is 9.10. The first-order valence-corrected chi connectivity index (χ1v) is 7.06. The number of halogens is 1. The molecule has 102 valence electrons. The number of nitrogens with one attached hydrogen (secondary N) is 1. The summed E-state index contributed by atoms with van der Waals surface area (Å²) in [6, 6.07) is 6.43. The third kappa shape index (κ3) is 4.59. The normalized spacial score (nSPS) is 14.3. The third-order valence-corrected chi connectivity index (χ3v) is 3.37. The zero-order valence-electron chi connectivity index (χ0n) is 11.5. The highest BCUT2D eigenvalue weighted by Gasteiger charge is 2.10. The molecule has 1 aromatic rings. The number of methoxy groups -OCH3 is 1. The number of ether oxygens (including phenoxy) is 2. The van der Waals surface area contributed by atoms with Gasteiger partial charge in [0, 0.05) is 17.6 Å². The molecule has 18 heavy (non-hydrogen) atoms. The first-order chi connectivity index (χ1) is 8.58. The Morgan fingerprint density at radius 2 is 2.06 bits per heavy atom. The predicted octanol–water partition coefficient (Wildman–Crippen LogP) is 3.53. The molecule has 4 heteroatoms. The van der Waals surface area contributed by atoms with Gasteiger partial charge in [-0.25, -0.2) is 0 Å². The molecule has 1 rings (SSSR count). The van der Waals surface area contributed by atoms with Crippen LogP contribution in [0.15, 0.2) is 22.7 Å². The van der Waals surface area contributed by atoms with Gasteiger partial charge in [0.05, 0.1) is 6.61 Å². The second kappa shape index (κ2) is 7.77. The van der Waals surface area contributed by atoms with Crippen LogP contribution in [-0.4, -0.2) is 26.4 Å². The predicted molar refractivity (Wildman–Crippen MR) is 78.2 cm³/mol. The average Bonchev–Trinajstić information content (AvgIpc) is 2.29. The SMILES string of the molecule is CCNC(C)c1ccc(OC(C)COC)cc1Br. The molecule has 0 heterocycles. The first-order valence-electron chi connectivity index (χ1n) is 6.26. The molecule has 0 aromatic heterocycles. The van der Waals surface area contributed by atoms with Crippen LogP contribution in [0.5, 0.6) is 5.75 Å². The van der Waals surface area contributed by atoms with Crippen molar-refractivity contribution >= 4 is 15.9 Å². The van der Waals surface area contributed by atoms with Crippen LogP contribution in [0.3, 0.4) is 0 Å². The van der Waals surface area contributed by atoms with Crippen LogP contribution in [0.2, 0.25) is 0 Å². The Hall–Kier alpha value is -0.580. The van der Waals surface area contributed by atoms with Crippen LogP contribution in [0, 0.1) is 0 Å². The van der Waals surface area contributed by atoms with E-state index in [1.165, 1.54) is 5.56 Å². The lowest BCUT2D eigenvalue weighted by Gasteiger charge is -2.17. The van der Waals surface area contributed by atoms with Gasteiger partial charge in [-0.05, 0) is 38.1 Å². The summed E-state index contributed by atoms with van der Waals surface area (Å²) in [5.41, 5.74) is 1.24. The Kier molecular flexibility index (Phi) is 6.68. The van der Waals surface area contributed by atoms with Gasteiger partial charge in [0.1, 0.15) is 11.9 Å². The lowest BCUT2D eigenvalue weighted by atomic mass is 10.1. The number of hydrogen-bond acceptors (Lipinski definition) is 3. The van der Waals surface area contributed by atoms with Gasteiger partial charge in [0.25, 0.3) is 0 Å². The molecule has 0 aliphatic rings. The molecule has 2 unspecified atom stereocenters. The van der Waals surface area contributed by atoms with E-state index in [0.29, 0.717) is 12.6 Å². The van der Waals surface area contributed by atoms with Gasteiger partial charge in [-0.3, -0.25) is 0 Å². The van der Waals surface area contributed by atoms with Gasteiger partial charge < -0.3 is 14.8 Å². The summed E-state index contributed by atoms with van der Waals surface area (Å²) in [5.74, 6) is 0.860. The monoisotopic (exact) mass is 315 g/mol. The Balaban J connectivity index is 2.72. The largest absolute Gasteiger partial charge is 0.488 e. The van der Waals surface area contributed by atoms with Crippen LogP contribution < -0.4 is 10.1 Å². The molecule has 0 saturated heterocycles. The van der Waals surface area contributed by atoms with Crippen LogP contribution in [0.1, 0.15) is 32.4 Å². The van der Waals surface area contributed by atoms with E-state index in [9.17, 15) is 0 Å². The summed E-state index contributed by atoms with van der Waals surface area (Å²) in [6.07, 6.45) is 0.0546. The minimum Gasteiger partial charge on any atom is -0.488 e. The fraction of sp³-hybridized carbons (Fsp3) is 0.571. The maximum absolute atomic E-state index is 5.75. The molecule has 0 fully saturated rings. The topological polar surface area (TPSA) is 30.5 Å². The molecule has 3 nitrogen and oxygen atoms in total. The van der Waals surface area contributed by atoms with Gasteiger partial charge in [-0.2, -0.15) is 0 Å². The smallest absolute Gasteiger partial charge is 0.120 e. The summed E-state index contributed by atoms with van der Waals surface area (Å²) in [5, 5.41) is 3.39. The summed E-state index contributed by atoms with van der Waals surface area (Å²) >= 11 is 3.60. The van der Waals surface area contributed by atoms with Crippen molar-refractivity contribution in [3.63, 3.8) is 0 Å². The van der Waals surface area contributed by atoms with Crippen LogP contribution in [0.4, 0.5) is 0 Å². The minimum absolute atomic E-state index is 0.0546. The van der Waals surface area contributed by atoms with Crippen molar-refractivity contribution in [2.24, 2.45) is 0 Å². The van der Waals surface area contributed by atoms with Gasteiger partial charge in [0.2, 0.25) is 0 Å². The van der Waals surface area contributed by atoms with Crippen molar-refractivity contribution in [2.45, 2.75) is 32.9 Å². The highest BCUT2D eigenvalue weighted by Crippen LogP contribution is 2.28. The Morgan fingerprint density at radius 3 is 2.61 bits per heavy atom. The molecule has 0 spiro atoms. The van der Waals surface area contributed by atoms with Crippen molar-refractivity contribution in [1.82, 2.24) is 5.32 Å². The molecule has 0 aliphatic heterocycles. The lowest BCUT2D eigenvalue weighted by Crippen LogP contribution is -2.19. The minimum atomic E-state index is 0.0546. The summed E-state index contributed by atoms with van der Waals surface area (Å²) < 4.78 is 11.9. The molecule has 0 saturated carbocycles. The molecule has 0 amide bonds. The zero-order chi connectivity index (χ0) is 13.5. The molecule has 2 atom stereocenters. The van der Waals surface area contributed by atoms with E-state index < -0.39 is 0 Å². The fourth-order valence-electron chi connectivity index (χ4n) is 1.85. The quantitative estimate of drug-likeness (QED) is 0.835. The highest BCUT2D eigenvalue weighted by atomic mass is 79.9. The average molecular weight is 316 g/mol. The maximum Gasteiger partial charge on any atom is 0.120 e. The van der Waals surface area contributed by atoms with E-state index in [0.717, 1.165) is 16.8 Å². The van der Waals surface area contributed by atoms with Crippen LogP contribution >= 0.6 is 15.9 Å². The fourth-order valence-corrected chi connectivity index (χ4v) is 2.55. The zero-order valence-corrected chi connectivity index (χ0v) is 13.1. The van der Waals surface area contributed by atoms with Crippen molar-refractivity contribution in [3.05, 3.63) is 28.2 Å². The molecular formula is C14H22BrNO2. The van der Waals surface area contributed by atoms with Crippen molar-refractivity contribution in [1.29, 1.82) is 0 Å². The number of benzene rings is 1. The number of hydrogen-bond donors (Lipinski definition) is 1. The van der Waals surface area contributed by atoms with E-state index in [-0.39, 0.29) is 6.10 Å². The van der Waals surface area contributed by atoms with E-state index in [1.54, 1.807) is 7.11 Å². The van der Waals surface area contributed by atoms with Crippen molar-refractivity contribution < 1.29 is 9.47 Å². The van der Waals surface area contributed by atoms with Gasteiger partial charge >= 0.3 is 0 Å². The van der Waals surface area contributed by atoms with Crippen molar-refractivity contribution in [2.75, 3.05) is 20.3 Å². The number of rotatable bonds is 7. The molecule has 1 aromatic carbocycles. The van der Waals surface area contributed by atoms with Gasteiger partial charge in [-0.1, -0.05) is 28.9 Å². The van der Waals surface area contributed by atoms with Crippen molar-refractivity contribution in [3.8, 4) is 5.75 Å². The Morgan fingerprint density at radius 1 is 1.33 bits per heavy atom. The van der Waals surface area contributed by atoms with E-state index in [4.69, 9.17) is 9.47 Å². The molecule has 0 bridgehead atoms. The van der Waals surface area contributed by atoms with E-state index in [2.05, 4.69) is 41.2 Å². The first kappa shape index (κ1) is 15.5. The summed E-state index contributed by atoms with van der Waals surface area (Å²) in [6.45, 7) is 7.79. The van der Waals surface area contributed by atoms with E-state index in [1.807, 2.05) is 19.1 Å².